The van der Waals surface area contributed by atoms with Gasteiger partial charge in [-0.3, -0.25) is 0 Å². The second-order valence-corrected chi connectivity index (χ2v) is 6.50. The molecule has 15 heavy (non-hydrogen) atoms. The molecule has 0 aromatic carbocycles. The summed E-state index contributed by atoms with van der Waals surface area (Å²) in [6.45, 7) is 5.43. The fourth-order valence-electron chi connectivity index (χ4n) is 1.94. The molecule has 2 unspecified atom stereocenters. The molecule has 0 amide bonds. The summed E-state index contributed by atoms with van der Waals surface area (Å²) in [5, 5.41) is 3.21. The monoisotopic (exact) mass is 254 g/mol. The van der Waals surface area contributed by atoms with Gasteiger partial charge in [0.1, 0.15) is 0 Å². The Labute approximate surface area is 97.9 Å². The third kappa shape index (κ3) is 2.46. The molecular weight excluding hydrogens is 236 g/mol. The van der Waals surface area contributed by atoms with Gasteiger partial charge in [-0.05, 0) is 26.7 Å². The fraction of sp³-hybridized carbons (Fsp3) is 1.00. The highest BCUT2D eigenvalue weighted by molar-refractivity contribution is 7.90. The Bertz CT molecular complexity index is 316. The van der Waals surface area contributed by atoms with Crippen molar-refractivity contribution in [3.63, 3.8) is 0 Å². The predicted molar refractivity (Wildman–Crippen MR) is 62.8 cm³/mol. The van der Waals surface area contributed by atoms with E-state index in [1.807, 2.05) is 13.8 Å². The quantitative estimate of drug-likeness (QED) is 0.785. The summed E-state index contributed by atoms with van der Waals surface area (Å²) in [6.07, 6.45) is 1.71. The fourth-order valence-corrected chi connectivity index (χ4v) is 4.05. The number of rotatable bonds is 2. The molecule has 0 spiro atoms. The van der Waals surface area contributed by atoms with Crippen molar-refractivity contribution in [2.45, 2.75) is 44.0 Å². The largest absolute Gasteiger partial charge is 0.311 e. The molecule has 2 fully saturated rings. The first-order valence-corrected chi connectivity index (χ1v) is 6.78. The number of nitrogens with one attached hydrogen (secondary N) is 1. The highest BCUT2D eigenvalue weighted by Crippen LogP contribution is 2.32. The average Bonchev–Trinajstić information content (AvgIpc) is 2.92. The minimum absolute atomic E-state index is 0. The maximum atomic E-state index is 12.0. The van der Waals surface area contributed by atoms with E-state index in [0.29, 0.717) is 6.54 Å². The van der Waals surface area contributed by atoms with Crippen LogP contribution in [0.25, 0.3) is 0 Å². The van der Waals surface area contributed by atoms with Crippen LogP contribution in [0.2, 0.25) is 0 Å². The summed E-state index contributed by atoms with van der Waals surface area (Å²) < 4.78 is 25.7. The number of halogens is 1. The average molecular weight is 255 g/mol. The summed E-state index contributed by atoms with van der Waals surface area (Å²) in [5.41, 5.74) is 0. The summed E-state index contributed by atoms with van der Waals surface area (Å²) in [4.78, 5) is 0. The van der Waals surface area contributed by atoms with Gasteiger partial charge in [0.15, 0.2) is 0 Å². The molecule has 0 aromatic heterocycles. The Balaban J connectivity index is 0.00000112. The molecule has 1 aliphatic carbocycles. The van der Waals surface area contributed by atoms with Crippen molar-refractivity contribution in [1.29, 1.82) is 0 Å². The summed E-state index contributed by atoms with van der Waals surface area (Å²) in [5.74, 6) is 0. The highest BCUT2D eigenvalue weighted by atomic mass is 35.5. The van der Waals surface area contributed by atoms with E-state index >= 15 is 0 Å². The lowest BCUT2D eigenvalue weighted by atomic mass is 10.1. The lowest BCUT2D eigenvalue weighted by Crippen LogP contribution is -2.57. The minimum Gasteiger partial charge on any atom is -0.311 e. The molecule has 4 nitrogen and oxygen atoms in total. The summed E-state index contributed by atoms with van der Waals surface area (Å²) >= 11 is 0. The van der Waals surface area contributed by atoms with Crippen LogP contribution in [0.3, 0.4) is 0 Å². The van der Waals surface area contributed by atoms with E-state index < -0.39 is 10.0 Å². The van der Waals surface area contributed by atoms with Crippen molar-refractivity contribution in [1.82, 2.24) is 9.62 Å². The second kappa shape index (κ2) is 4.57. The Hall–Kier alpha value is 0.160. The zero-order valence-corrected chi connectivity index (χ0v) is 10.8. The zero-order chi connectivity index (χ0) is 10.3. The van der Waals surface area contributed by atoms with Crippen LogP contribution < -0.4 is 5.32 Å². The summed E-state index contributed by atoms with van der Waals surface area (Å²) in [7, 11) is -2.98. The SMILES string of the molecule is CC1NCCN(S(=O)(=O)C2CC2)C1C.Cl. The molecule has 0 radical (unpaired) electrons. The van der Waals surface area contributed by atoms with Crippen molar-refractivity contribution >= 4 is 22.4 Å². The summed E-state index contributed by atoms with van der Waals surface area (Å²) in [6, 6.07) is 0.353. The van der Waals surface area contributed by atoms with Gasteiger partial charge < -0.3 is 5.32 Å². The van der Waals surface area contributed by atoms with Gasteiger partial charge >= 0.3 is 0 Å². The molecule has 2 rings (SSSR count). The van der Waals surface area contributed by atoms with Crippen molar-refractivity contribution in [3.8, 4) is 0 Å². The van der Waals surface area contributed by atoms with Crippen LogP contribution in [0.5, 0.6) is 0 Å². The van der Waals surface area contributed by atoms with Crippen LogP contribution in [-0.2, 0) is 10.0 Å². The molecule has 1 saturated carbocycles. The van der Waals surface area contributed by atoms with Gasteiger partial charge in [-0.2, -0.15) is 4.31 Å². The Morgan fingerprint density at radius 2 is 1.87 bits per heavy atom. The van der Waals surface area contributed by atoms with Gasteiger partial charge in [-0.15, -0.1) is 12.4 Å². The molecule has 1 aliphatic heterocycles. The van der Waals surface area contributed by atoms with E-state index in [-0.39, 0.29) is 29.7 Å². The lowest BCUT2D eigenvalue weighted by molar-refractivity contribution is 0.232. The number of sulfonamides is 1. The smallest absolute Gasteiger partial charge is 0.217 e. The van der Waals surface area contributed by atoms with Gasteiger partial charge in [-0.25, -0.2) is 8.42 Å². The number of hydrogen-bond acceptors (Lipinski definition) is 3. The van der Waals surface area contributed by atoms with Crippen LogP contribution in [0.4, 0.5) is 0 Å². The van der Waals surface area contributed by atoms with Gasteiger partial charge in [0, 0.05) is 25.2 Å². The van der Waals surface area contributed by atoms with E-state index in [9.17, 15) is 8.42 Å². The minimum atomic E-state index is -2.98. The van der Waals surface area contributed by atoms with E-state index in [1.54, 1.807) is 4.31 Å². The standard InChI is InChI=1S/C9H18N2O2S.ClH/c1-7-8(2)11(6-5-10-7)14(12,13)9-3-4-9;/h7-10H,3-6H2,1-2H3;1H. The van der Waals surface area contributed by atoms with Gasteiger partial charge in [-0.1, -0.05) is 0 Å². The third-order valence-corrected chi connectivity index (χ3v) is 5.73. The number of hydrogen-bond donors (Lipinski definition) is 1. The van der Waals surface area contributed by atoms with E-state index in [0.717, 1.165) is 19.4 Å². The Morgan fingerprint density at radius 1 is 1.27 bits per heavy atom. The van der Waals surface area contributed by atoms with Crippen LogP contribution in [-0.4, -0.2) is 43.1 Å². The zero-order valence-electron chi connectivity index (χ0n) is 9.14. The second-order valence-electron chi connectivity index (χ2n) is 4.34. The molecule has 1 saturated heterocycles. The van der Waals surface area contributed by atoms with Crippen LogP contribution >= 0.6 is 12.4 Å². The maximum Gasteiger partial charge on any atom is 0.217 e. The van der Waals surface area contributed by atoms with Crippen LogP contribution in [0, 0.1) is 0 Å². The molecule has 0 aromatic rings. The molecule has 6 heteroatoms. The Morgan fingerprint density at radius 3 is 2.40 bits per heavy atom. The maximum absolute atomic E-state index is 12.0. The predicted octanol–water partition coefficient (Wildman–Crippen LogP) is 0.583. The van der Waals surface area contributed by atoms with Crippen LogP contribution in [0.15, 0.2) is 0 Å². The van der Waals surface area contributed by atoms with E-state index in [2.05, 4.69) is 5.32 Å². The molecule has 0 bridgehead atoms. The van der Waals surface area contributed by atoms with Gasteiger partial charge in [0.2, 0.25) is 10.0 Å². The Kier molecular flexibility index (Phi) is 4.03. The van der Waals surface area contributed by atoms with E-state index in [1.165, 1.54) is 0 Å². The van der Waals surface area contributed by atoms with Crippen LogP contribution in [0.1, 0.15) is 26.7 Å². The lowest BCUT2D eigenvalue weighted by Gasteiger charge is -2.37. The van der Waals surface area contributed by atoms with Crippen molar-refractivity contribution in [3.05, 3.63) is 0 Å². The molecule has 90 valence electrons. The molecule has 1 heterocycles. The third-order valence-electron chi connectivity index (χ3n) is 3.25. The molecule has 1 N–H and O–H groups in total. The number of piperazine rings is 1. The van der Waals surface area contributed by atoms with E-state index in [4.69, 9.17) is 0 Å². The molecule has 2 atom stereocenters. The van der Waals surface area contributed by atoms with Crippen molar-refractivity contribution in [2.24, 2.45) is 0 Å². The topological polar surface area (TPSA) is 49.4 Å². The normalized spacial score (nSPS) is 33.5. The highest BCUT2D eigenvalue weighted by Gasteiger charge is 2.43. The van der Waals surface area contributed by atoms with Crippen molar-refractivity contribution in [2.75, 3.05) is 13.1 Å². The first-order chi connectivity index (χ1) is 6.53. The molecule has 2 aliphatic rings. The van der Waals surface area contributed by atoms with Crippen molar-refractivity contribution < 1.29 is 8.42 Å². The number of nitrogens with zero attached hydrogens (tertiary/aromatic N) is 1. The molecular formula is C9H19ClN2O2S. The first-order valence-electron chi connectivity index (χ1n) is 5.27. The van der Waals surface area contributed by atoms with Gasteiger partial charge in [0.05, 0.1) is 5.25 Å². The van der Waals surface area contributed by atoms with Gasteiger partial charge in [0.25, 0.3) is 0 Å². The first kappa shape index (κ1) is 13.2.